The number of aromatic nitrogens is 2. The minimum absolute atomic E-state index is 0.137. The van der Waals surface area contributed by atoms with Crippen molar-refractivity contribution in [3.8, 4) is 0 Å². The molecule has 0 aliphatic heterocycles. The van der Waals surface area contributed by atoms with Crippen molar-refractivity contribution in [2.45, 2.75) is 25.9 Å². The number of nitrogens with one attached hydrogen (secondary N) is 1. The van der Waals surface area contributed by atoms with Crippen LogP contribution in [0.15, 0.2) is 12.1 Å². The van der Waals surface area contributed by atoms with Gasteiger partial charge < -0.3 is 9.72 Å². The molecule has 92 valence electrons. The molecule has 1 heterocycles. The van der Waals surface area contributed by atoms with Gasteiger partial charge in [0.2, 0.25) is 0 Å². The normalized spacial score (nSPS) is 15.1. The molecule has 0 aliphatic carbocycles. The molecule has 0 radical (unpaired) electrons. The second-order valence-electron chi connectivity index (χ2n) is 4.16. The highest BCUT2D eigenvalue weighted by atomic mass is 19.1. The van der Waals surface area contributed by atoms with E-state index >= 15 is 0 Å². The smallest absolute Gasteiger partial charge is 0.153 e. The Kier molecular flexibility index (Phi) is 2.87. The number of halogens is 2. The zero-order chi connectivity index (χ0) is 12.6. The number of H-pyrrole nitrogens is 1. The molecule has 0 saturated heterocycles. The van der Waals surface area contributed by atoms with Crippen LogP contribution in [0.25, 0.3) is 11.0 Å². The molecule has 1 aromatic heterocycles. The minimum Gasteiger partial charge on any atom is -0.371 e. The molecule has 17 heavy (non-hydrogen) atoms. The standard InChI is InChI=1S/C12H14F2N2O/c1-4-12(2,17-3)11-15-9-6-7(13)5-8(14)10(9)16-11/h5-6H,4H2,1-3H3,(H,15,16). The topological polar surface area (TPSA) is 37.9 Å². The Hall–Kier alpha value is -1.49. The van der Waals surface area contributed by atoms with Crippen LogP contribution in [0.2, 0.25) is 0 Å². The van der Waals surface area contributed by atoms with Crippen molar-refractivity contribution in [3.05, 3.63) is 29.6 Å². The fourth-order valence-electron chi connectivity index (χ4n) is 1.70. The third-order valence-corrected chi connectivity index (χ3v) is 3.13. The third kappa shape index (κ3) is 1.91. The fourth-order valence-corrected chi connectivity index (χ4v) is 1.70. The molecule has 0 bridgehead atoms. The Balaban J connectivity index is 2.62. The Labute approximate surface area is 97.8 Å². The molecular weight excluding hydrogens is 226 g/mol. The van der Waals surface area contributed by atoms with Crippen LogP contribution in [-0.4, -0.2) is 17.1 Å². The van der Waals surface area contributed by atoms with Crippen molar-refractivity contribution in [1.82, 2.24) is 9.97 Å². The van der Waals surface area contributed by atoms with Gasteiger partial charge in [0.25, 0.3) is 0 Å². The Morgan fingerprint density at radius 2 is 2.12 bits per heavy atom. The highest BCUT2D eigenvalue weighted by Crippen LogP contribution is 2.28. The van der Waals surface area contributed by atoms with E-state index in [4.69, 9.17) is 4.74 Å². The molecule has 1 unspecified atom stereocenters. The number of fused-ring (bicyclic) bond motifs is 1. The lowest BCUT2D eigenvalue weighted by Gasteiger charge is -2.23. The molecule has 2 rings (SSSR count). The van der Waals surface area contributed by atoms with E-state index < -0.39 is 17.2 Å². The average Bonchev–Trinajstić information content (AvgIpc) is 2.72. The SMILES string of the molecule is CCC(C)(OC)c1nc2c(F)cc(F)cc2[nH]1. The van der Waals surface area contributed by atoms with Crippen molar-refractivity contribution >= 4 is 11.0 Å². The van der Waals surface area contributed by atoms with Crippen LogP contribution < -0.4 is 0 Å². The third-order valence-electron chi connectivity index (χ3n) is 3.13. The summed E-state index contributed by atoms with van der Waals surface area (Å²) in [5.41, 5.74) is -0.144. The summed E-state index contributed by atoms with van der Waals surface area (Å²) in [6.45, 7) is 3.78. The van der Waals surface area contributed by atoms with E-state index in [1.165, 1.54) is 6.07 Å². The number of aromatic amines is 1. The highest BCUT2D eigenvalue weighted by Gasteiger charge is 2.28. The summed E-state index contributed by atoms with van der Waals surface area (Å²) in [7, 11) is 1.56. The van der Waals surface area contributed by atoms with Gasteiger partial charge in [-0.2, -0.15) is 0 Å². The molecule has 0 aliphatic rings. The van der Waals surface area contributed by atoms with E-state index in [-0.39, 0.29) is 5.52 Å². The van der Waals surface area contributed by atoms with Crippen molar-refractivity contribution in [3.63, 3.8) is 0 Å². The molecule has 0 saturated carbocycles. The van der Waals surface area contributed by atoms with E-state index in [9.17, 15) is 8.78 Å². The summed E-state index contributed by atoms with van der Waals surface area (Å²) in [6, 6.07) is 2.05. The summed E-state index contributed by atoms with van der Waals surface area (Å²) in [6.07, 6.45) is 0.674. The zero-order valence-corrected chi connectivity index (χ0v) is 9.97. The lowest BCUT2D eigenvalue weighted by atomic mass is 10.0. The first kappa shape index (κ1) is 12.0. The zero-order valence-electron chi connectivity index (χ0n) is 9.97. The summed E-state index contributed by atoms with van der Waals surface area (Å²) >= 11 is 0. The first-order valence-electron chi connectivity index (χ1n) is 5.40. The van der Waals surface area contributed by atoms with Crippen molar-refractivity contribution < 1.29 is 13.5 Å². The molecule has 0 amide bonds. The molecule has 1 N–H and O–H groups in total. The van der Waals surface area contributed by atoms with Crippen LogP contribution in [0, 0.1) is 11.6 Å². The fraction of sp³-hybridized carbons (Fsp3) is 0.417. The molecule has 0 spiro atoms. The van der Waals surface area contributed by atoms with E-state index in [1.807, 2.05) is 13.8 Å². The van der Waals surface area contributed by atoms with Gasteiger partial charge in [0.05, 0.1) is 5.52 Å². The van der Waals surface area contributed by atoms with Crippen LogP contribution in [-0.2, 0) is 10.3 Å². The quantitative estimate of drug-likeness (QED) is 0.895. The van der Waals surface area contributed by atoms with E-state index in [0.29, 0.717) is 17.8 Å². The lowest BCUT2D eigenvalue weighted by molar-refractivity contribution is -0.00804. The number of benzene rings is 1. The summed E-state index contributed by atoms with van der Waals surface area (Å²) < 4.78 is 31.9. The van der Waals surface area contributed by atoms with Crippen molar-refractivity contribution in [1.29, 1.82) is 0 Å². The number of ether oxygens (including phenoxy) is 1. The Morgan fingerprint density at radius 3 is 2.71 bits per heavy atom. The molecule has 1 atom stereocenters. The Bertz CT molecular complexity index is 547. The number of imidazole rings is 1. The number of hydrogen-bond acceptors (Lipinski definition) is 2. The van der Waals surface area contributed by atoms with Crippen LogP contribution in [0.5, 0.6) is 0 Å². The van der Waals surface area contributed by atoms with Gasteiger partial charge in [-0.25, -0.2) is 13.8 Å². The van der Waals surface area contributed by atoms with Gasteiger partial charge in [0, 0.05) is 13.2 Å². The molecule has 1 aromatic carbocycles. The van der Waals surface area contributed by atoms with E-state index in [1.54, 1.807) is 7.11 Å². The largest absolute Gasteiger partial charge is 0.371 e. The molecular formula is C12H14F2N2O. The molecule has 3 nitrogen and oxygen atoms in total. The predicted molar refractivity (Wildman–Crippen MR) is 60.7 cm³/mol. The lowest BCUT2D eigenvalue weighted by Crippen LogP contribution is -2.24. The number of rotatable bonds is 3. The average molecular weight is 240 g/mol. The van der Waals surface area contributed by atoms with Gasteiger partial charge in [-0.1, -0.05) is 6.92 Å². The van der Waals surface area contributed by atoms with E-state index in [2.05, 4.69) is 9.97 Å². The number of methoxy groups -OCH3 is 1. The highest BCUT2D eigenvalue weighted by molar-refractivity contribution is 5.76. The van der Waals surface area contributed by atoms with Crippen LogP contribution in [0.1, 0.15) is 26.1 Å². The summed E-state index contributed by atoms with van der Waals surface area (Å²) in [5, 5.41) is 0. The van der Waals surface area contributed by atoms with Crippen LogP contribution in [0.4, 0.5) is 8.78 Å². The van der Waals surface area contributed by atoms with Crippen LogP contribution in [0.3, 0.4) is 0 Å². The van der Waals surface area contributed by atoms with E-state index in [0.717, 1.165) is 6.07 Å². The van der Waals surface area contributed by atoms with Crippen LogP contribution >= 0.6 is 0 Å². The van der Waals surface area contributed by atoms with Crippen molar-refractivity contribution in [2.75, 3.05) is 7.11 Å². The maximum atomic E-state index is 13.5. The molecule has 2 aromatic rings. The second-order valence-corrected chi connectivity index (χ2v) is 4.16. The monoisotopic (exact) mass is 240 g/mol. The van der Waals surface area contributed by atoms with Gasteiger partial charge in [0.15, 0.2) is 5.82 Å². The van der Waals surface area contributed by atoms with Crippen molar-refractivity contribution in [2.24, 2.45) is 0 Å². The molecule has 0 fully saturated rings. The van der Waals surface area contributed by atoms with Gasteiger partial charge >= 0.3 is 0 Å². The second kappa shape index (κ2) is 4.07. The van der Waals surface area contributed by atoms with Gasteiger partial charge in [-0.15, -0.1) is 0 Å². The number of hydrogen-bond donors (Lipinski definition) is 1. The maximum Gasteiger partial charge on any atom is 0.153 e. The summed E-state index contributed by atoms with van der Waals surface area (Å²) in [5.74, 6) is -0.792. The molecule has 5 heteroatoms. The predicted octanol–water partition coefficient (Wildman–Crippen LogP) is 3.11. The summed E-state index contributed by atoms with van der Waals surface area (Å²) in [4.78, 5) is 7.05. The van der Waals surface area contributed by atoms with Gasteiger partial charge in [0.1, 0.15) is 22.8 Å². The first-order valence-corrected chi connectivity index (χ1v) is 5.40. The first-order chi connectivity index (χ1) is 8.00. The maximum absolute atomic E-state index is 13.5. The Morgan fingerprint density at radius 1 is 1.41 bits per heavy atom. The van der Waals surface area contributed by atoms with Gasteiger partial charge in [-0.3, -0.25) is 0 Å². The minimum atomic E-state index is -0.669. The van der Waals surface area contributed by atoms with Gasteiger partial charge in [-0.05, 0) is 19.4 Å². The number of nitrogens with zero attached hydrogens (tertiary/aromatic N) is 1.